The highest BCUT2D eigenvalue weighted by atomic mass is 16.5. The minimum atomic E-state index is -0.686. The number of benzene rings is 2. The van der Waals surface area contributed by atoms with E-state index in [4.69, 9.17) is 4.74 Å². The van der Waals surface area contributed by atoms with Gasteiger partial charge in [0.05, 0.1) is 0 Å². The number of nitrogens with zero attached hydrogens (tertiary/aromatic N) is 1. The standard InChI is InChI=1S/C20H23NO4/c1-21(15-8-3-2-4-9-15)18(22)13-25-20(24)17-12-11-14-7-5-6-10-16(14)19(17)23/h5-7,10-12,15,23H,2-4,8-9,13H2,1H3. The lowest BCUT2D eigenvalue weighted by atomic mass is 9.94. The fourth-order valence-electron chi connectivity index (χ4n) is 3.40. The average molecular weight is 341 g/mol. The van der Waals surface area contributed by atoms with E-state index in [0.717, 1.165) is 31.1 Å². The summed E-state index contributed by atoms with van der Waals surface area (Å²) in [6.45, 7) is -0.307. The van der Waals surface area contributed by atoms with Gasteiger partial charge in [-0.05, 0) is 24.3 Å². The molecule has 0 heterocycles. The number of aromatic hydroxyl groups is 1. The fraction of sp³-hybridized carbons (Fsp3) is 0.400. The maximum atomic E-state index is 12.3. The SMILES string of the molecule is CN(C(=O)COC(=O)c1ccc2ccccc2c1O)C1CCCCC1. The first-order chi connectivity index (χ1) is 12.1. The Morgan fingerprint density at radius 3 is 2.60 bits per heavy atom. The van der Waals surface area contributed by atoms with Gasteiger partial charge in [0.15, 0.2) is 6.61 Å². The van der Waals surface area contributed by atoms with E-state index in [0.29, 0.717) is 5.39 Å². The van der Waals surface area contributed by atoms with Gasteiger partial charge in [0.2, 0.25) is 0 Å². The summed E-state index contributed by atoms with van der Waals surface area (Å²) >= 11 is 0. The van der Waals surface area contributed by atoms with Crippen molar-refractivity contribution in [2.45, 2.75) is 38.1 Å². The Labute approximate surface area is 147 Å². The van der Waals surface area contributed by atoms with Crippen molar-refractivity contribution in [2.24, 2.45) is 0 Å². The zero-order chi connectivity index (χ0) is 17.8. The molecule has 1 aliphatic rings. The minimum Gasteiger partial charge on any atom is -0.506 e. The molecule has 0 radical (unpaired) electrons. The summed E-state index contributed by atoms with van der Waals surface area (Å²) in [5.41, 5.74) is 0.0758. The molecule has 0 unspecified atom stereocenters. The number of likely N-dealkylation sites (N-methyl/N-ethyl adjacent to an activating group) is 1. The molecule has 1 saturated carbocycles. The van der Waals surface area contributed by atoms with Crippen molar-refractivity contribution in [2.75, 3.05) is 13.7 Å². The number of esters is 1. The number of carbonyl (C=O) groups is 2. The lowest BCUT2D eigenvalue weighted by Crippen LogP contribution is -2.40. The zero-order valence-corrected chi connectivity index (χ0v) is 14.4. The Bertz CT molecular complexity index is 780. The Morgan fingerprint density at radius 2 is 1.84 bits per heavy atom. The van der Waals surface area contributed by atoms with Gasteiger partial charge in [-0.1, -0.05) is 49.6 Å². The summed E-state index contributed by atoms with van der Waals surface area (Å²) in [5, 5.41) is 11.7. The van der Waals surface area contributed by atoms with E-state index in [9.17, 15) is 14.7 Å². The molecule has 5 heteroatoms. The molecule has 1 N–H and O–H groups in total. The third-order valence-corrected chi connectivity index (χ3v) is 4.96. The van der Waals surface area contributed by atoms with E-state index in [1.807, 2.05) is 12.1 Å². The van der Waals surface area contributed by atoms with Gasteiger partial charge in [0.25, 0.3) is 5.91 Å². The van der Waals surface area contributed by atoms with Gasteiger partial charge in [-0.25, -0.2) is 4.79 Å². The van der Waals surface area contributed by atoms with Crippen molar-refractivity contribution in [3.8, 4) is 5.75 Å². The summed E-state index contributed by atoms with van der Waals surface area (Å²) in [5.74, 6) is -1.01. The Kier molecular flexibility index (Phi) is 5.22. The number of rotatable bonds is 4. The van der Waals surface area contributed by atoms with Crippen LogP contribution in [0.5, 0.6) is 5.75 Å². The Morgan fingerprint density at radius 1 is 1.12 bits per heavy atom. The summed E-state index contributed by atoms with van der Waals surface area (Å²) in [7, 11) is 1.76. The molecular weight excluding hydrogens is 318 g/mol. The number of amides is 1. The van der Waals surface area contributed by atoms with Gasteiger partial charge < -0.3 is 14.7 Å². The maximum Gasteiger partial charge on any atom is 0.342 e. The molecule has 1 fully saturated rings. The van der Waals surface area contributed by atoms with Crippen molar-refractivity contribution in [3.05, 3.63) is 42.0 Å². The summed E-state index contributed by atoms with van der Waals surface area (Å²) < 4.78 is 5.14. The topological polar surface area (TPSA) is 66.8 Å². The molecule has 0 bridgehead atoms. The molecule has 2 aromatic rings. The number of hydrogen-bond donors (Lipinski definition) is 1. The van der Waals surface area contributed by atoms with Crippen LogP contribution in [0.1, 0.15) is 42.5 Å². The van der Waals surface area contributed by atoms with Crippen LogP contribution in [0.3, 0.4) is 0 Å². The minimum absolute atomic E-state index is 0.0758. The van der Waals surface area contributed by atoms with Crippen LogP contribution in [0.2, 0.25) is 0 Å². The van der Waals surface area contributed by atoms with Crippen LogP contribution in [0, 0.1) is 0 Å². The van der Waals surface area contributed by atoms with Crippen LogP contribution in [0.25, 0.3) is 10.8 Å². The summed E-state index contributed by atoms with van der Waals surface area (Å²) in [4.78, 5) is 26.2. The second kappa shape index (κ2) is 7.55. The number of phenols is 1. The molecule has 1 aliphatic carbocycles. The molecule has 1 amide bonds. The monoisotopic (exact) mass is 341 g/mol. The van der Waals surface area contributed by atoms with Gasteiger partial charge in [0.1, 0.15) is 11.3 Å². The van der Waals surface area contributed by atoms with Crippen LogP contribution in [0.4, 0.5) is 0 Å². The zero-order valence-electron chi connectivity index (χ0n) is 14.4. The molecule has 0 aliphatic heterocycles. The quantitative estimate of drug-likeness (QED) is 0.865. The highest BCUT2D eigenvalue weighted by molar-refractivity contribution is 6.01. The summed E-state index contributed by atoms with van der Waals surface area (Å²) in [6, 6.07) is 10.8. The molecule has 0 spiro atoms. The Hall–Kier alpha value is -2.56. The van der Waals surface area contributed by atoms with Crippen molar-refractivity contribution >= 4 is 22.6 Å². The van der Waals surface area contributed by atoms with Crippen LogP contribution in [0.15, 0.2) is 36.4 Å². The van der Waals surface area contributed by atoms with Crippen molar-refractivity contribution in [3.63, 3.8) is 0 Å². The van der Waals surface area contributed by atoms with Gasteiger partial charge >= 0.3 is 5.97 Å². The first-order valence-corrected chi connectivity index (χ1v) is 8.71. The average Bonchev–Trinajstić information content (AvgIpc) is 2.66. The van der Waals surface area contributed by atoms with E-state index < -0.39 is 5.97 Å². The van der Waals surface area contributed by atoms with E-state index in [2.05, 4.69) is 0 Å². The molecule has 0 atom stereocenters. The highest BCUT2D eigenvalue weighted by Gasteiger charge is 2.23. The van der Waals surface area contributed by atoms with Gasteiger partial charge in [-0.3, -0.25) is 4.79 Å². The highest BCUT2D eigenvalue weighted by Crippen LogP contribution is 2.29. The first-order valence-electron chi connectivity index (χ1n) is 8.71. The number of carbonyl (C=O) groups excluding carboxylic acids is 2. The molecule has 132 valence electrons. The number of ether oxygens (including phenoxy) is 1. The second-order valence-electron chi connectivity index (χ2n) is 6.56. The van der Waals surface area contributed by atoms with Gasteiger partial charge in [-0.15, -0.1) is 0 Å². The van der Waals surface area contributed by atoms with Crippen molar-refractivity contribution < 1.29 is 19.4 Å². The smallest absolute Gasteiger partial charge is 0.342 e. The number of phenolic OH excluding ortho intramolecular Hbond substituents is 1. The fourth-order valence-corrected chi connectivity index (χ4v) is 3.40. The van der Waals surface area contributed by atoms with Crippen LogP contribution >= 0.6 is 0 Å². The predicted octanol–water partition coefficient (Wildman–Crippen LogP) is 3.49. The number of fused-ring (bicyclic) bond motifs is 1. The van der Waals surface area contributed by atoms with Gasteiger partial charge in [-0.2, -0.15) is 0 Å². The van der Waals surface area contributed by atoms with E-state index in [1.165, 1.54) is 12.5 Å². The molecule has 2 aromatic carbocycles. The van der Waals surface area contributed by atoms with E-state index in [1.54, 1.807) is 30.1 Å². The van der Waals surface area contributed by atoms with E-state index in [-0.39, 0.29) is 29.9 Å². The van der Waals surface area contributed by atoms with Crippen LogP contribution < -0.4 is 0 Å². The first kappa shape index (κ1) is 17.3. The second-order valence-corrected chi connectivity index (χ2v) is 6.56. The van der Waals surface area contributed by atoms with Crippen molar-refractivity contribution in [1.29, 1.82) is 0 Å². The molecule has 25 heavy (non-hydrogen) atoms. The lowest BCUT2D eigenvalue weighted by Gasteiger charge is -2.31. The number of hydrogen-bond acceptors (Lipinski definition) is 4. The molecule has 3 rings (SSSR count). The largest absolute Gasteiger partial charge is 0.506 e. The molecule has 0 saturated heterocycles. The van der Waals surface area contributed by atoms with Crippen LogP contribution in [-0.4, -0.2) is 41.6 Å². The molecule has 0 aromatic heterocycles. The van der Waals surface area contributed by atoms with Gasteiger partial charge in [0, 0.05) is 18.5 Å². The third-order valence-electron chi connectivity index (χ3n) is 4.96. The van der Waals surface area contributed by atoms with Crippen molar-refractivity contribution in [1.82, 2.24) is 4.90 Å². The maximum absolute atomic E-state index is 12.3. The predicted molar refractivity (Wildman–Crippen MR) is 95.5 cm³/mol. The lowest BCUT2D eigenvalue weighted by molar-refractivity contribution is -0.135. The van der Waals surface area contributed by atoms with Crippen LogP contribution in [-0.2, 0) is 9.53 Å². The normalized spacial score (nSPS) is 15.1. The molecular formula is C20H23NO4. The Balaban J connectivity index is 1.64. The third kappa shape index (κ3) is 3.76. The summed E-state index contributed by atoms with van der Waals surface area (Å²) in [6.07, 6.45) is 5.48. The molecule has 5 nitrogen and oxygen atoms in total. The van der Waals surface area contributed by atoms with E-state index >= 15 is 0 Å².